The van der Waals surface area contributed by atoms with Gasteiger partial charge in [0.15, 0.2) is 0 Å². The Morgan fingerprint density at radius 1 is 0.236 bits per heavy atom. The molecule has 18 aromatic rings. The van der Waals surface area contributed by atoms with E-state index in [-0.39, 0.29) is 23.0 Å². The van der Waals surface area contributed by atoms with Gasteiger partial charge in [0.25, 0.3) is 6.71 Å². The first-order valence-electron chi connectivity index (χ1n) is 39.0. The maximum atomic E-state index is 2.75. The summed E-state index contributed by atoms with van der Waals surface area (Å²) in [6.45, 7) is 21.1. The van der Waals surface area contributed by atoms with Gasteiger partial charge in [0.1, 0.15) is 0 Å². The quantitative estimate of drug-likeness (QED) is 0.0999. The van der Waals surface area contributed by atoms with Crippen LogP contribution in [0, 0.1) is 0 Å². The lowest BCUT2D eigenvalue weighted by molar-refractivity contribution is 0.590. The van der Waals surface area contributed by atoms with Gasteiger partial charge >= 0.3 is 0 Å². The maximum absolute atomic E-state index is 2.75. The smallest absolute Gasteiger partial charge is 0.252 e. The van der Waals surface area contributed by atoms with E-state index in [1.807, 2.05) is 0 Å². The van der Waals surface area contributed by atoms with E-state index < -0.39 is 0 Å². The zero-order valence-corrected chi connectivity index (χ0v) is 63.8. The molecule has 0 amide bonds. The third-order valence-electron chi connectivity index (χ3n) is 23.7. The van der Waals surface area contributed by atoms with E-state index in [1.54, 1.807) is 0 Å². The fourth-order valence-electron chi connectivity index (χ4n) is 18.1. The van der Waals surface area contributed by atoms with Crippen molar-refractivity contribution in [2.24, 2.45) is 0 Å². The number of para-hydroxylation sites is 2. The number of fused-ring (bicyclic) bond motifs is 7. The molecule has 0 unspecified atom stereocenters. The molecule has 0 radical (unpaired) electrons. The Morgan fingerprint density at radius 3 is 1.04 bits per heavy atom. The third-order valence-corrected chi connectivity index (χ3v) is 23.7. The van der Waals surface area contributed by atoms with Crippen molar-refractivity contribution in [3.63, 3.8) is 0 Å². The van der Waals surface area contributed by atoms with Crippen molar-refractivity contribution in [3.8, 4) is 83.6 Å². The summed E-state index contributed by atoms with van der Waals surface area (Å²) in [6, 6.07) is 132. The summed E-state index contributed by atoms with van der Waals surface area (Å²) in [5.74, 6) is 0. The number of benzene rings is 17. The van der Waals surface area contributed by atoms with Crippen molar-refractivity contribution in [1.82, 2.24) is 4.57 Å². The molecule has 0 saturated carbocycles. The van der Waals surface area contributed by atoms with Crippen molar-refractivity contribution in [3.05, 3.63) is 362 Å². The Morgan fingerprint density at radius 2 is 0.600 bits per heavy atom. The molecule has 2 aliphatic heterocycles. The minimum atomic E-state index is -0.356. The number of rotatable bonds is 10. The maximum Gasteiger partial charge on any atom is 0.252 e. The Balaban J connectivity index is 0.973. The Hall–Kier alpha value is -12.8. The lowest BCUT2D eigenvalue weighted by Crippen LogP contribution is -2.61. The molecule has 0 fully saturated rings. The fraction of sp³-hybridized carbons (Fsp3) is 0.113. The summed E-state index contributed by atoms with van der Waals surface area (Å²) in [5.41, 5.74) is 33.3. The van der Waals surface area contributed by atoms with E-state index in [4.69, 9.17) is 0 Å². The summed E-state index contributed by atoms with van der Waals surface area (Å²) >= 11 is 0. The number of anilines is 6. The van der Waals surface area contributed by atoms with Gasteiger partial charge in [-0.25, -0.2) is 0 Å². The van der Waals surface area contributed by atoms with Crippen molar-refractivity contribution >= 4 is 111 Å². The van der Waals surface area contributed by atoms with Gasteiger partial charge in [-0.1, -0.05) is 329 Å². The average Bonchev–Trinajstić information content (AvgIpc) is 0.740. The van der Waals surface area contributed by atoms with Gasteiger partial charge in [0.05, 0.1) is 22.4 Å². The summed E-state index contributed by atoms with van der Waals surface area (Å²) in [4.78, 5) is 5.48. The zero-order chi connectivity index (χ0) is 74.5. The second-order valence-electron chi connectivity index (χ2n) is 33.6. The summed E-state index contributed by atoms with van der Waals surface area (Å²) < 4.78 is 2.51. The van der Waals surface area contributed by atoms with E-state index in [2.05, 4.69) is 422 Å². The van der Waals surface area contributed by atoms with Gasteiger partial charge < -0.3 is 14.4 Å². The molecule has 3 nitrogen and oxygen atoms in total. The molecule has 2 aliphatic rings. The molecule has 0 saturated heterocycles. The number of hydrogen-bond donors (Lipinski definition) is 0. The van der Waals surface area contributed by atoms with E-state index in [1.165, 1.54) is 98.3 Å². The van der Waals surface area contributed by atoms with Crippen LogP contribution < -0.4 is 26.2 Å². The van der Waals surface area contributed by atoms with E-state index >= 15 is 0 Å². The zero-order valence-electron chi connectivity index (χ0n) is 63.8. The number of nitrogens with zero attached hydrogens (tertiary/aromatic N) is 3. The normalized spacial score (nSPS) is 12.9. The fourth-order valence-corrected chi connectivity index (χ4v) is 18.1. The summed E-state index contributed by atoms with van der Waals surface area (Å²) in [6.07, 6.45) is 0. The van der Waals surface area contributed by atoms with Gasteiger partial charge in [-0.05, 0) is 216 Å². The predicted molar refractivity (Wildman–Crippen MR) is 473 cm³/mol. The molecule has 4 heteroatoms. The molecular formula is C106H84BN3. The van der Waals surface area contributed by atoms with Gasteiger partial charge in [-0.2, -0.15) is 0 Å². The van der Waals surface area contributed by atoms with Gasteiger partial charge in [-0.3, -0.25) is 0 Å². The van der Waals surface area contributed by atoms with Crippen LogP contribution in [0.4, 0.5) is 34.1 Å². The third kappa shape index (κ3) is 10.9. The van der Waals surface area contributed by atoms with Crippen LogP contribution in [0.15, 0.2) is 346 Å². The molecule has 0 bridgehead atoms. The van der Waals surface area contributed by atoms with Crippen LogP contribution in [-0.2, 0) is 16.2 Å². The van der Waals surface area contributed by atoms with Gasteiger partial charge in [0, 0.05) is 61.5 Å². The molecule has 17 aromatic carbocycles. The second kappa shape index (κ2) is 25.4. The highest BCUT2D eigenvalue weighted by Crippen LogP contribution is 2.57. The lowest BCUT2D eigenvalue weighted by atomic mass is 9.33. The van der Waals surface area contributed by atoms with Gasteiger partial charge in [0.2, 0.25) is 0 Å². The van der Waals surface area contributed by atoms with Crippen LogP contribution in [0.3, 0.4) is 0 Å². The molecule has 0 spiro atoms. The summed E-state index contributed by atoms with van der Waals surface area (Å²) in [5, 5.41) is 10.2. The standard InChI is InChI=1S/C106H84BN3/c1-104(2,3)79-54-74-48-49-75-55-80(105(4,5)6)63-90-85(61-78(56-79)99(74)100(75)90)73-50-52-91-95(62-73)109(102-86(69-36-20-12-21-37-69)57-76(67-32-16-10-17-33-67)58-87(102)70-38-22-13-23-39-70)97-64-81(106(7,8)9)65-98-101(97)107(91)92-53-51-82(108-93-46-30-28-44-83(93)84-45-29-31-47-94(84)108)66-96(92)110(98)103-88(71-40-24-14-25-41-71)59-77(68-34-18-11-19-35-68)60-89(103)72-42-26-15-27-43-72/h10-66H,1-9H3. The van der Waals surface area contributed by atoms with Crippen LogP contribution in [0.1, 0.15) is 79.0 Å². The monoisotopic (exact) mass is 1410 g/mol. The summed E-state index contributed by atoms with van der Waals surface area (Å²) in [7, 11) is 0. The van der Waals surface area contributed by atoms with Crippen LogP contribution in [0.2, 0.25) is 0 Å². The van der Waals surface area contributed by atoms with Crippen molar-refractivity contribution in [1.29, 1.82) is 0 Å². The highest BCUT2D eigenvalue weighted by Gasteiger charge is 2.47. The molecule has 526 valence electrons. The number of hydrogen-bond acceptors (Lipinski definition) is 2. The largest absolute Gasteiger partial charge is 0.310 e. The minimum absolute atomic E-state index is 0.0780. The molecule has 0 aliphatic carbocycles. The molecule has 0 N–H and O–H groups in total. The molecular weight excluding hydrogens is 1330 g/mol. The predicted octanol–water partition coefficient (Wildman–Crippen LogP) is 27.3. The van der Waals surface area contributed by atoms with E-state index in [9.17, 15) is 0 Å². The van der Waals surface area contributed by atoms with Crippen molar-refractivity contribution < 1.29 is 0 Å². The highest BCUT2D eigenvalue weighted by molar-refractivity contribution is 7.00. The van der Waals surface area contributed by atoms with Crippen LogP contribution >= 0.6 is 0 Å². The minimum Gasteiger partial charge on any atom is -0.310 e. The molecule has 0 atom stereocenters. The van der Waals surface area contributed by atoms with E-state index in [0.29, 0.717) is 0 Å². The first kappa shape index (κ1) is 66.7. The van der Waals surface area contributed by atoms with Crippen LogP contribution in [0.5, 0.6) is 0 Å². The van der Waals surface area contributed by atoms with Crippen LogP contribution in [-0.4, -0.2) is 11.3 Å². The molecule has 3 heterocycles. The van der Waals surface area contributed by atoms with Crippen molar-refractivity contribution in [2.45, 2.75) is 78.6 Å². The first-order valence-corrected chi connectivity index (χ1v) is 39.0. The SMILES string of the molecule is CC(C)(C)c1cc2c3c(c1)N(c1c(-c4ccccc4)cc(-c4ccccc4)cc1-c1ccccc1)c1cc(-n4c5ccccc5c5ccccc54)ccc1B3c1ccc(-c3cc4cc(C(C)(C)C)cc5ccc6cc(C(C)(C)C)cc3c6c54)cc1N2c1c(-c2ccccc2)cc(-c2ccccc2)cc1-c1ccccc1. The van der Waals surface area contributed by atoms with Crippen LogP contribution in [0.25, 0.3) is 138 Å². The molecule has 20 rings (SSSR count). The lowest BCUT2D eigenvalue weighted by Gasteiger charge is -2.46. The van der Waals surface area contributed by atoms with Crippen molar-refractivity contribution in [2.75, 3.05) is 9.80 Å². The average molecular weight is 1410 g/mol. The Kier molecular flexibility index (Phi) is 15.4. The first-order chi connectivity index (χ1) is 53.5. The Labute approximate surface area is 646 Å². The Bertz CT molecular complexity index is 6500. The molecule has 1 aromatic heterocycles. The molecule has 110 heavy (non-hydrogen) atoms. The number of aromatic nitrogens is 1. The van der Waals surface area contributed by atoms with Gasteiger partial charge in [-0.15, -0.1) is 0 Å². The second-order valence-corrected chi connectivity index (χ2v) is 33.6. The van der Waals surface area contributed by atoms with E-state index in [0.717, 1.165) is 107 Å². The highest BCUT2D eigenvalue weighted by atomic mass is 15.2. The topological polar surface area (TPSA) is 11.4 Å².